The Morgan fingerprint density at radius 2 is 1.73 bits per heavy atom. The molecule has 1 aromatic carbocycles. The topological polar surface area (TPSA) is 92.7 Å². The number of methoxy groups -OCH3 is 1. The van der Waals surface area contributed by atoms with Crippen LogP contribution in [0.25, 0.3) is 6.08 Å². The molecule has 1 aromatic heterocycles. The van der Waals surface area contributed by atoms with Crippen molar-refractivity contribution < 1.29 is 23.7 Å². The number of rotatable bonds is 10. The number of morpholine rings is 1. The molecule has 11 heteroatoms. The van der Waals surface area contributed by atoms with Crippen LogP contribution in [0.3, 0.4) is 0 Å². The first-order valence-electron chi connectivity index (χ1n) is 17.6. The molecule has 264 valence electrons. The fourth-order valence-corrected chi connectivity index (χ4v) is 6.70. The van der Waals surface area contributed by atoms with Crippen molar-refractivity contribution in [3.05, 3.63) is 40.1 Å². The lowest BCUT2D eigenvalue weighted by molar-refractivity contribution is 0.0240. The zero-order chi connectivity index (χ0) is 34.4. The zero-order valence-electron chi connectivity index (χ0n) is 30.4. The third-order valence-corrected chi connectivity index (χ3v) is 8.97. The second-order valence-electron chi connectivity index (χ2n) is 14.6. The smallest absolute Gasteiger partial charge is 0.410 e. The number of hydrogen-bond donors (Lipinski definition) is 0. The molecule has 3 aliphatic heterocycles. The van der Waals surface area contributed by atoms with Crippen molar-refractivity contribution in [3.8, 4) is 11.8 Å². The number of anilines is 2. The highest BCUT2D eigenvalue weighted by atomic mass is 16.6. The highest BCUT2D eigenvalue weighted by molar-refractivity contribution is 5.71. The van der Waals surface area contributed by atoms with Gasteiger partial charge in [0.25, 0.3) is 0 Å². The number of amides is 1. The van der Waals surface area contributed by atoms with Gasteiger partial charge in [0.2, 0.25) is 0 Å². The molecule has 2 saturated heterocycles. The minimum atomic E-state index is -0.523. The zero-order valence-corrected chi connectivity index (χ0v) is 30.4. The van der Waals surface area contributed by atoms with Crippen LogP contribution >= 0.6 is 0 Å². The summed E-state index contributed by atoms with van der Waals surface area (Å²) in [6.07, 6.45) is 3.68. The summed E-state index contributed by atoms with van der Waals surface area (Å²) in [6.45, 7) is 23.5. The largest absolute Gasteiger partial charge is 0.497 e. The summed E-state index contributed by atoms with van der Waals surface area (Å²) < 4.78 is 23.2. The fourth-order valence-electron chi connectivity index (χ4n) is 6.70. The van der Waals surface area contributed by atoms with Crippen molar-refractivity contribution in [2.75, 3.05) is 89.1 Å². The summed E-state index contributed by atoms with van der Waals surface area (Å²) in [5, 5.41) is 0. The molecule has 11 nitrogen and oxygen atoms in total. The van der Waals surface area contributed by atoms with Gasteiger partial charge in [-0.1, -0.05) is 25.5 Å². The van der Waals surface area contributed by atoms with E-state index in [9.17, 15) is 4.79 Å². The van der Waals surface area contributed by atoms with Gasteiger partial charge < -0.3 is 33.6 Å². The number of piperazine rings is 1. The second kappa shape index (κ2) is 15.8. The third kappa shape index (κ3) is 9.11. The van der Waals surface area contributed by atoms with Crippen LogP contribution in [0.5, 0.6) is 11.8 Å². The summed E-state index contributed by atoms with van der Waals surface area (Å²) in [5.41, 5.74) is 6.57. The minimum absolute atomic E-state index is 0.265. The molecule has 4 heterocycles. The maximum absolute atomic E-state index is 12.8. The molecule has 1 amide bonds. The van der Waals surface area contributed by atoms with E-state index in [0.29, 0.717) is 51.3 Å². The Kier molecular flexibility index (Phi) is 11.7. The standard InChI is InChI=1S/C37H56N6O5/c1-26(2)22-28-23-29(45-8)24-32(33(28)27(3)4)43-12-10-30-31(25-43)38-35(47-19-9-11-40-17-20-46-21-18-40)39-34(30)41-13-15-42(16-14-41)36(44)48-37(5,6)7/h22-24,27H,9-21,25H2,1-8H3. The van der Waals surface area contributed by atoms with E-state index in [-0.39, 0.29) is 6.09 Å². The highest BCUT2D eigenvalue weighted by Gasteiger charge is 2.31. The number of hydrogen-bond acceptors (Lipinski definition) is 10. The first kappa shape index (κ1) is 35.7. The molecule has 5 rings (SSSR count). The van der Waals surface area contributed by atoms with E-state index in [1.807, 2.05) is 20.8 Å². The van der Waals surface area contributed by atoms with Crippen LogP contribution < -0.4 is 19.3 Å². The summed E-state index contributed by atoms with van der Waals surface area (Å²) in [7, 11) is 1.73. The molecule has 0 radical (unpaired) electrons. The molecule has 0 bridgehead atoms. The van der Waals surface area contributed by atoms with Crippen molar-refractivity contribution in [2.24, 2.45) is 0 Å². The van der Waals surface area contributed by atoms with Crippen molar-refractivity contribution >= 4 is 23.7 Å². The molecule has 0 saturated carbocycles. The number of carbonyl (C=O) groups excluding carboxylic acids is 1. The van der Waals surface area contributed by atoms with E-state index in [0.717, 1.165) is 75.1 Å². The fraction of sp³-hybridized carbons (Fsp3) is 0.649. The average molecular weight is 665 g/mol. The van der Waals surface area contributed by atoms with Gasteiger partial charge in [-0.15, -0.1) is 0 Å². The molecule has 3 aliphatic rings. The number of fused-ring (bicyclic) bond motifs is 1. The highest BCUT2D eigenvalue weighted by Crippen LogP contribution is 2.39. The summed E-state index contributed by atoms with van der Waals surface area (Å²) in [6, 6.07) is 4.73. The van der Waals surface area contributed by atoms with Gasteiger partial charge in [-0.25, -0.2) is 4.79 Å². The van der Waals surface area contributed by atoms with Crippen LogP contribution in [0.2, 0.25) is 0 Å². The lowest BCUT2D eigenvalue weighted by Gasteiger charge is -2.39. The van der Waals surface area contributed by atoms with Crippen LogP contribution in [0.1, 0.15) is 83.2 Å². The number of aromatic nitrogens is 2. The lowest BCUT2D eigenvalue weighted by Crippen LogP contribution is -2.50. The van der Waals surface area contributed by atoms with Crippen molar-refractivity contribution in [2.45, 2.75) is 79.4 Å². The maximum atomic E-state index is 12.8. The molecular weight excluding hydrogens is 608 g/mol. The predicted octanol–water partition coefficient (Wildman–Crippen LogP) is 5.75. The number of benzene rings is 1. The normalized spacial score (nSPS) is 17.3. The van der Waals surface area contributed by atoms with Crippen LogP contribution in [0.4, 0.5) is 16.3 Å². The number of ether oxygens (including phenoxy) is 4. The summed E-state index contributed by atoms with van der Waals surface area (Å²) in [5.74, 6) is 2.10. The van der Waals surface area contributed by atoms with Crippen molar-refractivity contribution in [1.29, 1.82) is 0 Å². The first-order valence-corrected chi connectivity index (χ1v) is 17.6. The molecule has 0 unspecified atom stereocenters. The monoisotopic (exact) mass is 664 g/mol. The van der Waals surface area contributed by atoms with Gasteiger partial charge in [-0.3, -0.25) is 4.90 Å². The molecule has 0 aliphatic carbocycles. The Labute approximate surface area is 287 Å². The van der Waals surface area contributed by atoms with Crippen LogP contribution in [-0.2, 0) is 22.4 Å². The Morgan fingerprint density at radius 3 is 2.38 bits per heavy atom. The molecular formula is C37H56N6O5. The van der Waals surface area contributed by atoms with E-state index in [2.05, 4.69) is 60.6 Å². The molecule has 0 spiro atoms. The second-order valence-corrected chi connectivity index (χ2v) is 14.6. The summed E-state index contributed by atoms with van der Waals surface area (Å²) in [4.78, 5) is 31.8. The van der Waals surface area contributed by atoms with Gasteiger partial charge in [0.1, 0.15) is 17.2 Å². The molecule has 48 heavy (non-hydrogen) atoms. The van der Waals surface area contributed by atoms with Crippen LogP contribution in [-0.4, -0.2) is 111 Å². The van der Waals surface area contributed by atoms with E-state index in [1.165, 1.54) is 22.4 Å². The van der Waals surface area contributed by atoms with Gasteiger partial charge in [0.05, 0.1) is 39.2 Å². The van der Waals surface area contributed by atoms with E-state index in [1.54, 1.807) is 12.0 Å². The SMILES string of the molecule is COc1cc(C=C(C)C)c(C(C)C)c(N2CCc3c(nc(OCCCN4CCOCC4)nc3N3CCN(C(=O)OC(C)(C)C)CC3)C2)c1. The van der Waals surface area contributed by atoms with Crippen molar-refractivity contribution in [3.63, 3.8) is 0 Å². The van der Waals surface area contributed by atoms with Crippen LogP contribution in [0, 0.1) is 0 Å². The molecule has 0 atom stereocenters. The van der Waals surface area contributed by atoms with E-state index >= 15 is 0 Å². The number of allylic oxidation sites excluding steroid dienone is 1. The van der Waals surface area contributed by atoms with Crippen LogP contribution in [0.15, 0.2) is 17.7 Å². The summed E-state index contributed by atoms with van der Waals surface area (Å²) >= 11 is 0. The van der Waals surface area contributed by atoms with E-state index < -0.39 is 5.60 Å². The van der Waals surface area contributed by atoms with Gasteiger partial charge in [0.15, 0.2) is 0 Å². The quantitative estimate of drug-likeness (QED) is 0.292. The predicted molar refractivity (Wildman–Crippen MR) is 191 cm³/mol. The minimum Gasteiger partial charge on any atom is -0.497 e. The molecule has 2 fully saturated rings. The number of carbonyl (C=O) groups is 1. The van der Waals surface area contributed by atoms with Gasteiger partial charge in [0, 0.05) is 69.7 Å². The Bertz CT molecular complexity index is 1440. The molecule has 2 aromatic rings. The Hall–Kier alpha value is -3.57. The molecule has 0 N–H and O–H groups in total. The lowest BCUT2D eigenvalue weighted by atomic mass is 9.92. The van der Waals surface area contributed by atoms with Gasteiger partial charge in [-0.2, -0.15) is 9.97 Å². The maximum Gasteiger partial charge on any atom is 0.410 e. The van der Waals surface area contributed by atoms with Gasteiger partial charge >= 0.3 is 12.1 Å². The average Bonchev–Trinajstić information content (AvgIpc) is 3.05. The van der Waals surface area contributed by atoms with Crippen molar-refractivity contribution in [1.82, 2.24) is 19.8 Å². The van der Waals surface area contributed by atoms with E-state index in [4.69, 9.17) is 28.9 Å². The first-order chi connectivity index (χ1) is 22.9. The Morgan fingerprint density at radius 1 is 1.00 bits per heavy atom. The Balaban J connectivity index is 1.41. The van der Waals surface area contributed by atoms with Gasteiger partial charge in [-0.05, 0) is 70.6 Å². The third-order valence-electron chi connectivity index (χ3n) is 8.97. The number of nitrogens with zero attached hydrogens (tertiary/aromatic N) is 6.